The number of aryl methyl sites for hydroxylation is 1. The molecule has 2 aliphatic rings. The van der Waals surface area contributed by atoms with Gasteiger partial charge in [0.25, 0.3) is 11.5 Å². The molecule has 0 atom stereocenters. The van der Waals surface area contributed by atoms with E-state index in [0.717, 1.165) is 32.4 Å². The highest BCUT2D eigenvalue weighted by Crippen LogP contribution is 2.45. The van der Waals surface area contributed by atoms with Crippen molar-refractivity contribution >= 4 is 46.1 Å². The molecule has 2 saturated heterocycles. The third-order valence-electron chi connectivity index (χ3n) is 9.46. The first-order valence-corrected chi connectivity index (χ1v) is 17.2. The monoisotopic (exact) mass is 711 g/mol. The van der Waals surface area contributed by atoms with Crippen molar-refractivity contribution in [1.82, 2.24) is 24.3 Å². The first-order chi connectivity index (χ1) is 23.5. The van der Waals surface area contributed by atoms with E-state index in [-0.39, 0.29) is 32.6 Å². The second kappa shape index (κ2) is 15.8. The van der Waals surface area contributed by atoms with Crippen molar-refractivity contribution in [3.8, 4) is 28.7 Å². The van der Waals surface area contributed by atoms with Gasteiger partial charge in [-0.25, -0.2) is 4.98 Å². The Bertz CT molecular complexity index is 1800. The lowest BCUT2D eigenvalue weighted by atomic mass is 9.91. The molecule has 0 unspecified atom stereocenters. The van der Waals surface area contributed by atoms with Gasteiger partial charge in [-0.3, -0.25) is 19.1 Å². The molecule has 0 saturated carbocycles. The molecular formula is C35H43Cl2N7O5. The molecule has 12 nitrogen and oxygen atoms in total. The van der Waals surface area contributed by atoms with E-state index in [1.54, 1.807) is 40.9 Å². The number of ether oxygens (including phenoxy) is 3. The molecule has 2 aromatic heterocycles. The molecule has 0 bridgehead atoms. The number of methoxy groups -OCH3 is 2. The summed E-state index contributed by atoms with van der Waals surface area (Å²) in [6.45, 7) is 8.41. The number of rotatable bonds is 11. The van der Waals surface area contributed by atoms with Gasteiger partial charge in [0.05, 0.1) is 43.0 Å². The summed E-state index contributed by atoms with van der Waals surface area (Å²) in [5.74, 6) is 1.19. The van der Waals surface area contributed by atoms with E-state index in [9.17, 15) is 14.9 Å². The molecule has 0 spiro atoms. The van der Waals surface area contributed by atoms with Gasteiger partial charge in [0.15, 0.2) is 0 Å². The number of pyridine rings is 1. The van der Waals surface area contributed by atoms with Crippen LogP contribution in [0.1, 0.15) is 39.5 Å². The van der Waals surface area contributed by atoms with E-state index in [0.29, 0.717) is 79.2 Å². The molecule has 0 aliphatic carbocycles. The molecule has 14 heteroatoms. The molecule has 262 valence electrons. The first kappa shape index (κ1) is 36.4. The highest BCUT2D eigenvalue weighted by Gasteiger charge is 2.31. The summed E-state index contributed by atoms with van der Waals surface area (Å²) in [4.78, 5) is 40.6. The number of likely N-dealkylation sites (tertiary alicyclic amines) is 1. The molecule has 1 amide bonds. The van der Waals surface area contributed by atoms with Gasteiger partial charge in [0.1, 0.15) is 28.8 Å². The minimum Gasteiger partial charge on any atom is -0.495 e. The van der Waals surface area contributed by atoms with Crippen LogP contribution < -0.4 is 20.3 Å². The van der Waals surface area contributed by atoms with E-state index in [4.69, 9.17) is 37.4 Å². The molecule has 2 fully saturated rings. The number of aromatic nitrogens is 3. The van der Waals surface area contributed by atoms with Crippen molar-refractivity contribution in [3.05, 3.63) is 50.4 Å². The van der Waals surface area contributed by atoms with Gasteiger partial charge in [-0.2, -0.15) is 10.2 Å². The van der Waals surface area contributed by atoms with Gasteiger partial charge in [-0.05, 0) is 57.6 Å². The maximum absolute atomic E-state index is 14.2. The van der Waals surface area contributed by atoms with Crippen LogP contribution in [0.3, 0.4) is 0 Å². The Morgan fingerprint density at radius 2 is 1.78 bits per heavy atom. The summed E-state index contributed by atoms with van der Waals surface area (Å²) in [6.07, 6.45) is 6.64. The summed E-state index contributed by atoms with van der Waals surface area (Å²) >= 11 is 13.5. The van der Waals surface area contributed by atoms with E-state index in [1.165, 1.54) is 14.2 Å². The van der Waals surface area contributed by atoms with Crippen LogP contribution in [0.25, 0.3) is 22.2 Å². The van der Waals surface area contributed by atoms with Crippen LogP contribution in [0, 0.1) is 17.2 Å². The first-order valence-electron chi connectivity index (χ1n) is 16.5. The number of nitrogens with one attached hydrogen (secondary N) is 1. The number of hydrogen-bond donors (Lipinski definition) is 1. The highest BCUT2D eigenvalue weighted by atomic mass is 35.5. The number of hydrogen-bond acceptors (Lipinski definition) is 10. The third-order valence-corrected chi connectivity index (χ3v) is 10.2. The van der Waals surface area contributed by atoms with Crippen LogP contribution in [0.2, 0.25) is 10.0 Å². The Hall–Kier alpha value is -3.89. The Kier molecular flexibility index (Phi) is 11.7. The lowest BCUT2D eigenvalue weighted by Crippen LogP contribution is -2.49. The summed E-state index contributed by atoms with van der Waals surface area (Å²) in [5, 5.41) is 13.9. The zero-order chi connectivity index (χ0) is 35.3. The minimum absolute atomic E-state index is 0.179. The van der Waals surface area contributed by atoms with Crippen LogP contribution in [0.5, 0.6) is 11.5 Å². The number of carbonyl (C=O) groups is 1. The lowest BCUT2D eigenvalue weighted by molar-refractivity contribution is -0.128. The fraction of sp³-hybridized carbons (Fsp3) is 0.514. The molecule has 4 heterocycles. The fourth-order valence-electron chi connectivity index (χ4n) is 6.65. The van der Waals surface area contributed by atoms with Gasteiger partial charge in [-0.1, -0.05) is 23.2 Å². The predicted octanol–water partition coefficient (Wildman–Crippen LogP) is 5.40. The summed E-state index contributed by atoms with van der Waals surface area (Å²) in [7, 11) is 4.69. The second-order valence-corrected chi connectivity index (χ2v) is 13.6. The van der Waals surface area contributed by atoms with Crippen LogP contribution in [0.4, 0.5) is 5.95 Å². The molecule has 0 radical (unpaired) electrons. The number of piperidine rings is 1. The number of halogens is 2. The summed E-state index contributed by atoms with van der Waals surface area (Å²) in [6, 6.07) is 5.43. The van der Waals surface area contributed by atoms with Gasteiger partial charge in [-0.15, -0.1) is 0 Å². The van der Waals surface area contributed by atoms with Crippen molar-refractivity contribution in [2.75, 3.05) is 66.0 Å². The maximum Gasteiger partial charge on any atom is 0.264 e. The van der Waals surface area contributed by atoms with Crippen LogP contribution >= 0.6 is 23.2 Å². The van der Waals surface area contributed by atoms with E-state index < -0.39 is 5.54 Å². The van der Waals surface area contributed by atoms with Crippen molar-refractivity contribution in [3.63, 3.8) is 0 Å². The smallest absolute Gasteiger partial charge is 0.264 e. The van der Waals surface area contributed by atoms with E-state index >= 15 is 0 Å². The number of carbonyl (C=O) groups excluding carboxylic acids is 1. The van der Waals surface area contributed by atoms with Gasteiger partial charge < -0.3 is 24.4 Å². The van der Waals surface area contributed by atoms with Gasteiger partial charge in [0.2, 0.25) is 5.95 Å². The average molecular weight is 713 g/mol. The van der Waals surface area contributed by atoms with Crippen molar-refractivity contribution < 1.29 is 19.0 Å². The maximum atomic E-state index is 14.2. The Labute approximate surface area is 296 Å². The standard InChI is InChI=1S/C35H43Cl2N7O5/c1-35(2,43-13-15-49-16-14-43)19-24(20-38)32(45)42-11-8-22(9-12-42)7-6-10-44-31-23(21-40-34(39-3)41-31)17-25(33(44)46)28-29(36)26(47-4)18-27(48-5)30(28)37/h17-19,21-22H,6-16H2,1-5H3,(H,39,40,41). The normalized spacial score (nSPS) is 16.4. The molecule has 5 rings (SSSR count). The molecule has 49 heavy (non-hydrogen) atoms. The number of anilines is 1. The number of nitrogens with zero attached hydrogens (tertiary/aromatic N) is 6. The van der Waals surface area contributed by atoms with Gasteiger partial charge in [0, 0.05) is 68.5 Å². The Balaban J connectivity index is 1.32. The van der Waals surface area contributed by atoms with Crippen LogP contribution in [0.15, 0.2) is 34.8 Å². The topological polar surface area (TPSA) is 135 Å². The fourth-order valence-corrected chi connectivity index (χ4v) is 7.35. The van der Waals surface area contributed by atoms with Gasteiger partial charge >= 0.3 is 0 Å². The Morgan fingerprint density at radius 1 is 1.12 bits per heavy atom. The zero-order valence-corrected chi connectivity index (χ0v) is 30.2. The summed E-state index contributed by atoms with van der Waals surface area (Å²) < 4.78 is 18.0. The van der Waals surface area contributed by atoms with Crippen LogP contribution in [-0.4, -0.2) is 96.4 Å². The molecule has 1 N–H and O–H groups in total. The lowest BCUT2D eigenvalue weighted by Gasteiger charge is -2.39. The number of benzene rings is 1. The highest BCUT2D eigenvalue weighted by molar-refractivity contribution is 6.41. The predicted molar refractivity (Wildman–Crippen MR) is 191 cm³/mol. The third kappa shape index (κ3) is 7.80. The SMILES string of the molecule is CNc1ncc2cc(-c3c(Cl)c(OC)cc(OC)c3Cl)c(=O)n(CCCC3CCN(C(=O)C(C#N)=CC(C)(C)N4CCOCC4)CC3)c2n1. The van der Waals surface area contributed by atoms with E-state index in [2.05, 4.69) is 26.3 Å². The number of amides is 1. The van der Waals surface area contributed by atoms with Crippen molar-refractivity contribution in [2.24, 2.45) is 5.92 Å². The Morgan fingerprint density at radius 3 is 2.37 bits per heavy atom. The van der Waals surface area contributed by atoms with Crippen LogP contribution in [-0.2, 0) is 16.1 Å². The zero-order valence-electron chi connectivity index (χ0n) is 28.6. The molecule has 3 aromatic rings. The molecule has 2 aliphatic heterocycles. The molecular weight excluding hydrogens is 669 g/mol. The molecule has 1 aromatic carbocycles. The second-order valence-electron chi connectivity index (χ2n) is 12.8. The number of nitriles is 1. The number of morpholine rings is 1. The van der Waals surface area contributed by atoms with Crippen molar-refractivity contribution in [2.45, 2.75) is 51.6 Å². The van der Waals surface area contributed by atoms with E-state index in [1.807, 2.05) is 13.8 Å². The largest absolute Gasteiger partial charge is 0.495 e. The number of fused-ring (bicyclic) bond motifs is 1. The average Bonchev–Trinajstić information content (AvgIpc) is 3.12. The quantitative estimate of drug-likeness (QED) is 0.203. The minimum atomic E-state index is -0.434. The summed E-state index contributed by atoms with van der Waals surface area (Å²) in [5.41, 5.74) is 0.531. The van der Waals surface area contributed by atoms with Crippen molar-refractivity contribution in [1.29, 1.82) is 5.26 Å².